The molecule has 0 aliphatic carbocycles. The van der Waals surface area contributed by atoms with Crippen molar-refractivity contribution < 1.29 is 9.53 Å². The molecule has 0 unspecified atom stereocenters. The number of aromatic nitrogens is 1. The van der Waals surface area contributed by atoms with Crippen LogP contribution in [0.15, 0.2) is 47.8 Å². The molecule has 1 fully saturated rings. The van der Waals surface area contributed by atoms with Gasteiger partial charge < -0.3 is 15.0 Å². The Morgan fingerprint density at radius 2 is 2.00 bits per heavy atom. The predicted octanol–water partition coefficient (Wildman–Crippen LogP) is 4.54. The zero-order chi connectivity index (χ0) is 21.8. The summed E-state index contributed by atoms with van der Waals surface area (Å²) in [5.41, 5.74) is 3.73. The number of benzene rings is 2. The molecule has 1 aliphatic heterocycles. The Balaban J connectivity index is 1.30. The fraction of sp³-hybridized carbons (Fsp3) is 0.304. The van der Waals surface area contributed by atoms with E-state index in [-0.39, 0.29) is 5.91 Å². The zero-order valence-electron chi connectivity index (χ0n) is 17.6. The monoisotopic (exact) mass is 456 g/mol. The van der Waals surface area contributed by atoms with E-state index in [0.717, 1.165) is 59.6 Å². The van der Waals surface area contributed by atoms with Gasteiger partial charge in [0, 0.05) is 47.8 Å². The fourth-order valence-corrected chi connectivity index (χ4v) is 4.57. The van der Waals surface area contributed by atoms with Gasteiger partial charge in [0.2, 0.25) is 5.91 Å². The quantitative estimate of drug-likeness (QED) is 0.590. The topological polar surface area (TPSA) is 57.7 Å². The molecule has 0 spiro atoms. The number of nitrogens with zero attached hydrogens (tertiary/aromatic N) is 3. The summed E-state index contributed by atoms with van der Waals surface area (Å²) in [4.78, 5) is 21.7. The Morgan fingerprint density at radius 1 is 1.19 bits per heavy atom. The molecular formula is C23H25ClN4O2S. The standard InChI is InChI=1S/C23H25ClN4O2S/c1-16-6-7-18(13-20(16)24)25-22(29)14-27-8-10-28(11-9-27)23-26-21(15-31-23)17-4-3-5-19(12-17)30-2/h3-7,12-13,15H,8-11,14H2,1-2H3,(H,25,29). The summed E-state index contributed by atoms with van der Waals surface area (Å²) in [7, 11) is 1.67. The molecule has 31 heavy (non-hydrogen) atoms. The largest absolute Gasteiger partial charge is 0.497 e. The number of halogens is 1. The first-order valence-electron chi connectivity index (χ1n) is 10.1. The number of piperazine rings is 1. The van der Waals surface area contributed by atoms with Crippen LogP contribution in [-0.4, -0.2) is 55.6 Å². The van der Waals surface area contributed by atoms with Crippen LogP contribution in [0.5, 0.6) is 5.75 Å². The van der Waals surface area contributed by atoms with Gasteiger partial charge in [-0.2, -0.15) is 0 Å². The van der Waals surface area contributed by atoms with Crippen molar-refractivity contribution >= 4 is 39.7 Å². The first-order chi connectivity index (χ1) is 15.0. The van der Waals surface area contributed by atoms with Crippen molar-refractivity contribution in [2.45, 2.75) is 6.92 Å². The molecular weight excluding hydrogens is 432 g/mol. The minimum atomic E-state index is -0.0251. The number of methoxy groups -OCH3 is 1. The highest BCUT2D eigenvalue weighted by Crippen LogP contribution is 2.30. The number of hydrogen-bond acceptors (Lipinski definition) is 6. The first-order valence-corrected chi connectivity index (χ1v) is 11.4. The average molecular weight is 457 g/mol. The molecule has 1 N–H and O–H groups in total. The number of aryl methyl sites for hydroxylation is 1. The average Bonchev–Trinajstić information content (AvgIpc) is 3.27. The summed E-state index contributed by atoms with van der Waals surface area (Å²) >= 11 is 7.79. The molecule has 3 aromatic rings. The number of anilines is 2. The van der Waals surface area contributed by atoms with E-state index >= 15 is 0 Å². The van der Waals surface area contributed by atoms with E-state index in [4.69, 9.17) is 21.3 Å². The molecule has 1 amide bonds. The van der Waals surface area contributed by atoms with Crippen molar-refractivity contribution in [3.05, 3.63) is 58.4 Å². The number of rotatable bonds is 6. The predicted molar refractivity (Wildman–Crippen MR) is 128 cm³/mol. The molecule has 0 bridgehead atoms. The molecule has 2 heterocycles. The van der Waals surface area contributed by atoms with Crippen LogP contribution in [0.1, 0.15) is 5.56 Å². The summed E-state index contributed by atoms with van der Waals surface area (Å²) in [6.45, 7) is 5.62. The lowest BCUT2D eigenvalue weighted by Gasteiger charge is -2.34. The van der Waals surface area contributed by atoms with Crippen molar-refractivity contribution in [1.82, 2.24) is 9.88 Å². The second-order valence-electron chi connectivity index (χ2n) is 7.52. The van der Waals surface area contributed by atoms with Crippen molar-refractivity contribution in [2.24, 2.45) is 0 Å². The number of amides is 1. The van der Waals surface area contributed by atoms with Gasteiger partial charge in [0.25, 0.3) is 0 Å². The summed E-state index contributed by atoms with van der Waals surface area (Å²) in [5, 5.41) is 6.68. The van der Waals surface area contributed by atoms with Gasteiger partial charge in [0.1, 0.15) is 5.75 Å². The maximum Gasteiger partial charge on any atom is 0.238 e. The van der Waals surface area contributed by atoms with Crippen LogP contribution in [0.25, 0.3) is 11.3 Å². The minimum absolute atomic E-state index is 0.0251. The normalized spacial score (nSPS) is 14.5. The third kappa shape index (κ3) is 5.36. The summed E-state index contributed by atoms with van der Waals surface area (Å²) in [6.07, 6.45) is 0. The zero-order valence-corrected chi connectivity index (χ0v) is 19.2. The van der Waals surface area contributed by atoms with Gasteiger partial charge >= 0.3 is 0 Å². The third-order valence-electron chi connectivity index (χ3n) is 5.32. The van der Waals surface area contributed by atoms with Crippen LogP contribution in [-0.2, 0) is 4.79 Å². The van der Waals surface area contributed by atoms with E-state index < -0.39 is 0 Å². The van der Waals surface area contributed by atoms with Crippen LogP contribution in [0.3, 0.4) is 0 Å². The molecule has 4 rings (SSSR count). The van der Waals surface area contributed by atoms with Gasteiger partial charge in [-0.1, -0.05) is 29.8 Å². The van der Waals surface area contributed by atoms with E-state index in [1.807, 2.05) is 43.3 Å². The number of carbonyl (C=O) groups excluding carboxylic acids is 1. The molecule has 1 aliphatic rings. The Kier molecular flexibility index (Phi) is 6.75. The van der Waals surface area contributed by atoms with E-state index in [9.17, 15) is 4.79 Å². The van der Waals surface area contributed by atoms with Gasteiger partial charge in [-0.15, -0.1) is 11.3 Å². The van der Waals surface area contributed by atoms with Gasteiger partial charge in [0.15, 0.2) is 5.13 Å². The SMILES string of the molecule is COc1cccc(-c2csc(N3CCN(CC(=O)Nc4ccc(C)c(Cl)c4)CC3)n2)c1. The number of ether oxygens (including phenoxy) is 1. The molecule has 0 radical (unpaired) electrons. The lowest BCUT2D eigenvalue weighted by atomic mass is 10.2. The fourth-order valence-electron chi connectivity index (χ4n) is 3.50. The van der Waals surface area contributed by atoms with Crippen molar-refractivity contribution in [1.29, 1.82) is 0 Å². The number of carbonyl (C=O) groups is 1. The second kappa shape index (κ2) is 9.68. The lowest BCUT2D eigenvalue weighted by molar-refractivity contribution is -0.117. The molecule has 2 aromatic carbocycles. The van der Waals surface area contributed by atoms with Gasteiger partial charge in [-0.05, 0) is 36.8 Å². The van der Waals surface area contributed by atoms with E-state index in [0.29, 0.717) is 11.6 Å². The molecule has 1 saturated heterocycles. The van der Waals surface area contributed by atoms with Crippen LogP contribution < -0.4 is 15.0 Å². The van der Waals surface area contributed by atoms with E-state index in [1.165, 1.54) is 0 Å². The Labute approximate surface area is 191 Å². The van der Waals surface area contributed by atoms with Crippen molar-refractivity contribution in [2.75, 3.05) is 50.1 Å². The molecule has 1 aromatic heterocycles. The molecule has 8 heteroatoms. The number of thiazole rings is 1. The van der Waals surface area contributed by atoms with Gasteiger partial charge in [-0.25, -0.2) is 4.98 Å². The van der Waals surface area contributed by atoms with Crippen LogP contribution in [0.4, 0.5) is 10.8 Å². The number of hydrogen-bond donors (Lipinski definition) is 1. The smallest absolute Gasteiger partial charge is 0.238 e. The van der Waals surface area contributed by atoms with E-state index in [1.54, 1.807) is 24.5 Å². The Bertz CT molecular complexity index is 1060. The van der Waals surface area contributed by atoms with Crippen molar-refractivity contribution in [3.63, 3.8) is 0 Å². The summed E-state index contributed by atoms with van der Waals surface area (Å²) in [5.74, 6) is 0.801. The Morgan fingerprint density at radius 3 is 2.74 bits per heavy atom. The van der Waals surface area contributed by atoms with Crippen LogP contribution >= 0.6 is 22.9 Å². The third-order valence-corrected chi connectivity index (χ3v) is 6.63. The molecule has 0 atom stereocenters. The second-order valence-corrected chi connectivity index (χ2v) is 8.77. The Hall–Kier alpha value is -2.61. The first kappa shape index (κ1) is 21.6. The highest BCUT2D eigenvalue weighted by atomic mass is 35.5. The van der Waals surface area contributed by atoms with Crippen LogP contribution in [0, 0.1) is 6.92 Å². The molecule has 0 saturated carbocycles. The number of nitrogens with one attached hydrogen (secondary N) is 1. The summed E-state index contributed by atoms with van der Waals surface area (Å²) in [6, 6.07) is 13.5. The highest BCUT2D eigenvalue weighted by molar-refractivity contribution is 7.14. The highest BCUT2D eigenvalue weighted by Gasteiger charge is 2.21. The lowest BCUT2D eigenvalue weighted by Crippen LogP contribution is -2.48. The maximum atomic E-state index is 12.4. The maximum absolute atomic E-state index is 12.4. The molecule has 162 valence electrons. The minimum Gasteiger partial charge on any atom is -0.497 e. The van der Waals surface area contributed by atoms with Crippen molar-refractivity contribution in [3.8, 4) is 17.0 Å². The van der Waals surface area contributed by atoms with Gasteiger partial charge in [-0.3, -0.25) is 9.69 Å². The van der Waals surface area contributed by atoms with E-state index in [2.05, 4.69) is 20.5 Å². The molecule has 6 nitrogen and oxygen atoms in total. The summed E-state index contributed by atoms with van der Waals surface area (Å²) < 4.78 is 5.31. The van der Waals surface area contributed by atoms with Gasteiger partial charge in [0.05, 0.1) is 19.3 Å². The van der Waals surface area contributed by atoms with Crippen LogP contribution in [0.2, 0.25) is 5.02 Å².